The van der Waals surface area contributed by atoms with Crippen LogP contribution in [0.15, 0.2) is 51.7 Å². The number of carboxylic acid groups (broad SMARTS) is 1. The largest absolute Gasteiger partial charge is 0.506 e. The number of rotatable bonds is 6. The summed E-state index contributed by atoms with van der Waals surface area (Å²) in [5.74, 6) is -1.77. The maximum absolute atomic E-state index is 12.6. The zero-order chi connectivity index (χ0) is 25.4. The van der Waals surface area contributed by atoms with Crippen LogP contribution in [0.4, 0.5) is 0 Å². The van der Waals surface area contributed by atoms with E-state index in [0.29, 0.717) is 29.6 Å². The van der Waals surface area contributed by atoms with Crippen molar-refractivity contribution in [3.63, 3.8) is 0 Å². The molecule has 2 aromatic carbocycles. The summed E-state index contributed by atoms with van der Waals surface area (Å²) in [7, 11) is 3.75. The van der Waals surface area contributed by atoms with Gasteiger partial charge in [0.25, 0.3) is 5.91 Å². The summed E-state index contributed by atoms with van der Waals surface area (Å²) in [6, 6.07) is 9.63. The topological polar surface area (TPSA) is 120 Å². The van der Waals surface area contributed by atoms with Crippen molar-refractivity contribution in [1.29, 1.82) is 0 Å². The molecule has 0 saturated heterocycles. The first-order chi connectivity index (χ1) is 16.6. The number of fused-ring (bicyclic) bond motifs is 2. The Morgan fingerprint density at radius 2 is 1.77 bits per heavy atom. The number of hydrogen-bond acceptors (Lipinski definition) is 6. The quantitative estimate of drug-likeness (QED) is 0.322. The highest BCUT2D eigenvalue weighted by molar-refractivity contribution is 6.33. The van der Waals surface area contributed by atoms with Crippen LogP contribution in [0, 0.1) is 0 Å². The van der Waals surface area contributed by atoms with Crippen LogP contribution in [0.25, 0.3) is 33.4 Å². The van der Waals surface area contributed by atoms with E-state index in [1.807, 2.05) is 19.0 Å². The molecule has 8 nitrogen and oxygen atoms in total. The number of halogens is 2. The number of nitrogens with one attached hydrogen (secondary N) is 1. The lowest BCUT2D eigenvalue weighted by molar-refractivity contribution is 0.0697. The van der Waals surface area contributed by atoms with Crippen molar-refractivity contribution in [3.05, 3.63) is 73.9 Å². The van der Waals surface area contributed by atoms with Gasteiger partial charge in [0, 0.05) is 47.3 Å². The Morgan fingerprint density at radius 1 is 1.03 bits per heavy atom. The van der Waals surface area contributed by atoms with Crippen LogP contribution in [0.3, 0.4) is 0 Å². The van der Waals surface area contributed by atoms with E-state index >= 15 is 0 Å². The Morgan fingerprint density at radius 3 is 2.46 bits per heavy atom. The molecule has 2 aromatic rings. The third kappa shape index (κ3) is 4.81. The highest BCUT2D eigenvalue weighted by atomic mass is 35.5. The molecule has 0 fully saturated rings. The lowest BCUT2D eigenvalue weighted by Crippen LogP contribution is -2.31. The van der Waals surface area contributed by atoms with Gasteiger partial charge in [-0.1, -0.05) is 29.3 Å². The van der Waals surface area contributed by atoms with Gasteiger partial charge in [-0.05, 0) is 43.9 Å². The minimum Gasteiger partial charge on any atom is -0.506 e. The molecule has 0 radical (unpaired) electrons. The molecular formula is C25H20Cl2N2O6. The number of nitrogens with zero attached hydrogens (tertiary/aromatic N) is 1. The van der Waals surface area contributed by atoms with Crippen molar-refractivity contribution in [2.24, 2.45) is 0 Å². The summed E-state index contributed by atoms with van der Waals surface area (Å²) in [6.07, 6.45) is 0. The second kappa shape index (κ2) is 9.58. The van der Waals surface area contributed by atoms with Gasteiger partial charge in [-0.2, -0.15) is 0 Å². The maximum atomic E-state index is 12.6. The highest BCUT2D eigenvalue weighted by Gasteiger charge is 2.24. The fraction of sp³-hybridized carbons (Fsp3) is 0.160. The number of aromatic hydroxyl groups is 1. The third-order valence-corrected chi connectivity index (χ3v) is 6.07. The van der Waals surface area contributed by atoms with Gasteiger partial charge in [0.15, 0.2) is 0 Å². The molecule has 0 aromatic heterocycles. The van der Waals surface area contributed by atoms with Gasteiger partial charge >= 0.3 is 5.97 Å². The first-order valence-corrected chi connectivity index (χ1v) is 11.2. The van der Waals surface area contributed by atoms with E-state index in [2.05, 4.69) is 5.32 Å². The molecule has 2 aliphatic rings. The molecule has 3 N–H and O–H groups in total. The average molecular weight is 515 g/mol. The number of carbonyl (C=O) groups excluding carboxylic acids is 1. The predicted octanol–water partition coefficient (Wildman–Crippen LogP) is 4.57. The number of likely N-dealkylation sites (N-methyl/N-ethyl adjacent to an activating group) is 1. The molecule has 0 unspecified atom stereocenters. The minimum absolute atomic E-state index is 0.0219. The van der Waals surface area contributed by atoms with Crippen LogP contribution in [-0.4, -0.2) is 54.2 Å². The van der Waals surface area contributed by atoms with Gasteiger partial charge in [-0.3, -0.25) is 9.59 Å². The molecule has 1 heterocycles. The second-order valence-electron chi connectivity index (χ2n) is 8.18. The lowest BCUT2D eigenvalue weighted by Gasteiger charge is -2.18. The number of phenolic OH excluding ortho intramolecular Hbond substituents is 1. The number of phenols is 1. The smallest absolute Gasteiger partial charge is 0.336 e. The van der Waals surface area contributed by atoms with E-state index in [1.165, 1.54) is 42.5 Å². The Balaban J connectivity index is 1.97. The van der Waals surface area contributed by atoms with E-state index in [-0.39, 0.29) is 43.8 Å². The van der Waals surface area contributed by atoms with Crippen molar-refractivity contribution < 1.29 is 24.2 Å². The van der Waals surface area contributed by atoms with Gasteiger partial charge < -0.3 is 24.8 Å². The van der Waals surface area contributed by atoms with Crippen molar-refractivity contribution >= 4 is 46.0 Å². The zero-order valence-corrected chi connectivity index (χ0v) is 20.2. The predicted molar refractivity (Wildman–Crippen MR) is 134 cm³/mol. The zero-order valence-electron chi connectivity index (χ0n) is 18.7. The van der Waals surface area contributed by atoms with E-state index < -0.39 is 17.3 Å². The number of aromatic carboxylic acids is 1. The fourth-order valence-electron chi connectivity index (χ4n) is 3.77. The van der Waals surface area contributed by atoms with Crippen LogP contribution in [0.2, 0.25) is 10.0 Å². The Kier molecular flexibility index (Phi) is 6.71. The molecule has 0 spiro atoms. The van der Waals surface area contributed by atoms with Crippen molar-refractivity contribution in [2.75, 3.05) is 27.2 Å². The van der Waals surface area contributed by atoms with Crippen LogP contribution in [0.5, 0.6) is 5.75 Å². The number of benzene rings is 3. The molecule has 1 amide bonds. The summed E-state index contributed by atoms with van der Waals surface area (Å²) < 4.78 is 5.81. The molecule has 10 heteroatoms. The summed E-state index contributed by atoms with van der Waals surface area (Å²) in [5.41, 5.74) is 0.731. The normalized spacial score (nSPS) is 11.3. The van der Waals surface area contributed by atoms with Crippen molar-refractivity contribution in [1.82, 2.24) is 10.2 Å². The van der Waals surface area contributed by atoms with E-state index in [1.54, 1.807) is 0 Å². The van der Waals surface area contributed by atoms with Crippen LogP contribution in [0.1, 0.15) is 20.7 Å². The van der Waals surface area contributed by atoms with Crippen molar-refractivity contribution in [3.8, 4) is 28.2 Å². The molecule has 1 aliphatic carbocycles. The van der Waals surface area contributed by atoms with E-state index in [0.717, 1.165) is 0 Å². The summed E-state index contributed by atoms with van der Waals surface area (Å²) in [4.78, 5) is 39.0. The minimum atomic E-state index is -1.26. The number of amides is 1. The first kappa shape index (κ1) is 24.5. The van der Waals surface area contributed by atoms with Crippen LogP contribution < -0.4 is 10.7 Å². The number of carboxylic acids is 1. The molecular weight excluding hydrogens is 495 g/mol. The third-order valence-electron chi connectivity index (χ3n) is 5.47. The fourth-order valence-corrected chi connectivity index (χ4v) is 4.09. The average Bonchev–Trinajstić information content (AvgIpc) is 2.79. The van der Waals surface area contributed by atoms with E-state index in [9.17, 15) is 24.6 Å². The molecule has 180 valence electrons. The van der Waals surface area contributed by atoms with Gasteiger partial charge in [-0.15, -0.1) is 0 Å². The molecule has 0 saturated carbocycles. The number of carbonyl (C=O) groups is 2. The molecule has 0 atom stereocenters. The summed E-state index contributed by atoms with van der Waals surface area (Å²) >= 11 is 12.3. The Labute approximate surface area is 209 Å². The molecule has 0 bridgehead atoms. The van der Waals surface area contributed by atoms with Crippen molar-refractivity contribution in [2.45, 2.75) is 0 Å². The monoisotopic (exact) mass is 514 g/mol. The van der Waals surface area contributed by atoms with Gasteiger partial charge in [-0.25, -0.2) is 4.79 Å². The molecule has 1 aliphatic heterocycles. The second-order valence-corrected chi connectivity index (χ2v) is 8.99. The summed E-state index contributed by atoms with van der Waals surface area (Å²) in [5, 5.41) is 23.2. The number of hydrogen-bond donors (Lipinski definition) is 3. The van der Waals surface area contributed by atoms with Crippen LogP contribution >= 0.6 is 23.2 Å². The SMILES string of the molecule is CN(C)CCNC(=O)c1ccc(-c2c3cc(Cl)c(=O)cc-3oc3cc(O)c(Cl)cc23)c(C(=O)O)c1. The van der Waals surface area contributed by atoms with E-state index in [4.69, 9.17) is 27.6 Å². The lowest BCUT2D eigenvalue weighted by atomic mass is 9.89. The first-order valence-electron chi connectivity index (χ1n) is 10.5. The van der Waals surface area contributed by atoms with Gasteiger partial charge in [0.1, 0.15) is 17.1 Å². The molecule has 35 heavy (non-hydrogen) atoms. The Hall–Kier alpha value is -3.59. The Bertz CT molecular complexity index is 1510. The van der Waals surface area contributed by atoms with Gasteiger partial charge in [0.05, 0.1) is 15.6 Å². The standard InChI is InChI=1S/C25H20Cl2N2O6/c1-29(2)6-5-28-24(32)12-3-4-13(14(7-12)25(33)34)23-15-8-17(26)19(30)10-21(15)35-22-11-20(31)18(27)9-16(22)23/h3-4,7-11,30H,5-6H2,1-2H3,(H,28,32)(H,33,34). The summed E-state index contributed by atoms with van der Waals surface area (Å²) in [6.45, 7) is 1.01. The maximum Gasteiger partial charge on any atom is 0.336 e. The molecule has 4 rings (SSSR count). The highest BCUT2D eigenvalue weighted by Crippen LogP contribution is 2.44. The van der Waals surface area contributed by atoms with Gasteiger partial charge in [0.2, 0.25) is 5.43 Å². The van der Waals surface area contributed by atoms with Crippen LogP contribution in [-0.2, 0) is 0 Å².